The SMILES string of the molecule is CC(C)Oc1ccccc1P(O)c1ccccc1OC(C)C. The average Bonchev–Trinajstić information content (AvgIpc) is 2.46. The van der Waals surface area contributed by atoms with Gasteiger partial charge < -0.3 is 14.4 Å². The predicted octanol–water partition coefficient (Wildman–Crippen LogP) is 3.60. The minimum atomic E-state index is -1.52. The van der Waals surface area contributed by atoms with Crippen molar-refractivity contribution in [1.82, 2.24) is 0 Å². The summed E-state index contributed by atoms with van der Waals surface area (Å²) in [6.45, 7) is 7.91. The summed E-state index contributed by atoms with van der Waals surface area (Å²) < 4.78 is 11.6. The molecule has 0 fully saturated rings. The van der Waals surface area contributed by atoms with Crippen LogP contribution >= 0.6 is 8.15 Å². The van der Waals surface area contributed by atoms with Crippen molar-refractivity contribution in [3.05, 3.63) is 48.5 Å². The van der Waals surface area contributed by atoms with Crippen molar-refractivity contribution in [2.24, 2.45) is 0 Å². The van der Waals surface area contributed by atoms with Crippen LogP contribution in [0.2, 0.25) is 0 Å². The average molecular weight is 318 g/mol. The predicted molar refractivity (Wildman–Crippen MR) is 92.8 cm³/mol. The van der Waals surface area contributed by atoms with Crippen molar-refractivity contribution < 1.29 is 14.4 Å². The standard InChI is InChI=1S/C18H23O3P/c1-13(2)20-15-9-5-7-11-17(15)22(19)18-12-8-6-10-16(18)21-14(3)4/h5-14,19H,1-4H3. The second-order valence-corrected chi connectivity index (χ2v) is 7.17. The fourth-order valence-electron chi connectivity index (χ4n) is 2.10. The van der Waals surface area contributed by atoms with E-state index < -0.39 is 8.15 Å². The Kier molecular flexibility index (Phi) is 5.82. The molecule has 0 aliphatic carbocycles. The van der Waals surface area contributed by atoms with E-state index >= 15 is 0 Å². The largest absolute Gasteiger partial charge is 0.490 e. The van der Waals surface area contributed by atoms with Crippen molar-refractivity contribution in [3.8, 4) is 11.5 Å². The van der Waals surface area contributed by atoms with Crippen molar-refractivity contribution in [2.45, 2.75) is 39.9 Å². The fourth-order valence-corrected chi connectivity index (χ4v) is 3.49. The molecule has 0 unspecified atom stereocenters. The van der Waals surface area contributed by atoms with Crippen LogP contribution in [0.15, 0.2) is 48.5 Å². The lowest BCUT2D eigenvalue weighted by Gasteiger charge is -2.20. The highest BCUT2D eigenvalue weighted by molar-refractivity contribution is 7.68. The Labute approximate surface area is 133 Å². The fraction of sp³-hybridized carbons (Fsp3) is 0.333. The third kappa shape index (κ3) is 4.22. The Morgan fingerprint density at radius 1 is 0.727 bits per heavy atom. The molecule has 2 aromatic rings. The molecule has 22 heavy (non-hydrogen) atoms. The Morgan fingerprint density at radius 2 is 1.09 bits per heavy atom. The van der Waals surface area contributed by atoms with Crippen molar-refractivity contribution in [3.63, 3.8) is 0 Å². The molecule has 3 nitrogen and oxygen atoms in total. The number of para-hydroxylation sites is 2. The first-order valence-electron chi connectivity index (χ1n) is 7.49. The van der Waals surface area contributed by atoms with Gasteiger partial charge in [0.2, 0.25) is 0 Å². The molecule has 0 saturated carbocycles. The van der Waals surface area contributed by atoms with Crippen molar-refractivity contribution in [2.75, 3.05) is 0 Å². The molecule has 0 amide bonds. The van der Waals surface area contributed by atoms with E-state index in [9.17, 15) is 4.89 Å². The molecule has 0 spiro atoms. The second-order valence-electron chi connectivity index (χ2n) is 5.58. The lowest BCUT2D eigenvalue weighted by Crippen LogP contribution is -2.20. The van der Waals surface area contributed by atoms with Crippen LogP contribution in [0.1, 0.15) is 27.7 Å². The van der Waals surface area contributed by atoms with Gasteiger partial charge in [0, 0.05) is 10.6 Å². The molecule has 2 rings (SSSR count). The maximum atomic E-state index is 10.9. The number of ether oxygens (including phenoxy) is 2. The smallest absolute Gasteiger partial charge is 0.129 e. The molecule has 0 saturated heterocycles. The van der Waals surface area contributed by atoms with Gasteiger partial charge in [-0.05, 0) is 52.0 Å². The molecular formula is C18H23O3P. The molecule has 1 N–H and O–H groups in total. The zero-order valence-electron chi connectivity index (χ0n) is 13.5. The molecule has 0 atom stereocenters. The van der Waals surface area contributed by atoms with E-state index in [1.54, 1.807) is 0 Å². The van der Waals surface area contributed by atoms with Crippen LogP contribution in [0, 0.1) is 0 Å². The monoisotopic (exact) mass is 318 g/mol. The van der Waals surface area contributed by atoms with Gasteiger partial charge in [0.05, 0.1) is 20.4 Å². The molecule has 4 heteroatoms. The summed E-state index contributed by atoms with van der Waals surface area (Å²) in [7, 11) is -1.52. The van der Waals surface area contributed by atoms with Gasteiger partial charge in [0.15, 0.2) is 0 Å². The minimum Gasteiger partial charge on any atom is -0.490 e. The van der Waals surface area contributed by atoms with Crippen LogP contribution in [0.3, 0.4) is 0 Å². The van der Waals surface area contributed by atoms with E-state index in [2.05, 4.69) is 0 Å². The molecule has 0 aliphatic heterocycles. The molecule has 0 heterocycles. The Hall–Kier alpha value is -1.57. The van der Waals surface area contributed by atoms with E-state index in [4.69, 9.17) is 9.47 Å². The third-order valence-electron chi connectivity index (χ3n) is 2.91. The topological polar surface area (TPSA) is 38.7 Å². The second kappa shape index (κ2) is 7.62. The number of hydrogen-bond donors (Lipinski definition) is 1. The molecule has 118 valence electrons. The third-order valence-corrected chi connectivity index (χ3v) is 4.56. The zero-order valence-corrected chi connectivity index (χ0v) is 14.4. The van der Waals surface area contributed by atoms with Gasteiger partial charge in [0.25, 0.3) is 0 Å². The normalized spacial score (nSPS) is 11.3. The van der Waals surface area contributed by atoms with Crippen LogP contribution in [-0.4, -0.2) is 17.1 Å². The van der Waals surface area contributed by atoms with Crippen LogP contribution < -0.4 is 20.1 Å². The first-order chi connectivity index (χ1) is 10.5. The van der Waals surface area contributed by atoms with E-state index in [1.165, 1.54) is 0 Å². The number of benzene rings is 2. The van der Waals surface area contributed by atoms with E-state index in [0.29, 0.717) is 0 Å². The maximum absolute atomic E-state index is 10.9. The van der Waals surface area contributed by atoms with Crippen LogP contribution in [0.5, 0.6) is 11.5 Å². The molecule has 2 aromatic carbocycles. The van der Waals surface area contributed by atoms with Gasteiger partial charge in [-0.3, -0.25) is 0 Å². The van der Waals surface area contributed by atoms with Crippen molar-refractivity contribution in [1.29, 1.82) is 0 Å². The summed E-state index contributed by atoms with van der Waals surface area (Å²) in [6, 6.07) is 15.3. The summed E-state index contributed by atoms with van der Waals surface area (Å²) in [4.78, 5) is 10.9. The van der Waals surface area contributed by atoms with Gasteiger partial charge in [-0.1, -0.05) is 24.3 Å². The lowest BCUT2D eigenvalue weighted by molar-refractivity contribution is 0.244. The summed E-state index contributed by atoms with van der Waals surface area (Å²) in [5.41, 5.74) is 0. The summed E-state index contributed by atoms with van der Waals surface area (Å²) in [5.74, 6) is 1.45. The molecule has 0 bridgehead atoms. The maximum Gasteiger partial charge on any atom is 0.129 e. The molecule has 0 aliphatic rings. The van der Waals surface area contributed by atoms with Gasteiger partial charge in [0.1, 0.15) is 11.5 Å². The summed E-state index contributed by atoms with van der Waals surface area (Å²) >= 11 is 0. The van der Waals surface area contributed by atoms with Gasteiger partial charge >= 0.3 is 0 Å². The van der Waals surface area contributed by atoms with E-state index in [0.717, 1.165) is 22.1 Å². The van der Waals surface area contributed by atoms with Gasteiger partial charge in [-0.25, -0.2) is 0 Å². The summed E-state index contributed by atoms with van der Waals surface area (Å²) in [5, 5.41) is 1.62. The van der Waals surface area contributed by atoms with Crippen LogP contribution in [-0.2, 0) is 0 Å². The van der Waals surface area contributed by atoms with Crippen molar-refractivity contribution >= 4 is 18.8 Å². The first kappa shape index (κ1) is 16.8. The first-order valence-corrected chi connectivity index (χ1v) is 8.79. The van der Waals surface area contributed by atoms with E-state index in [1.807, 2.05) is 76.2 Å². The highest BCUT2D eigenvalue weighted by Gasteiger charge is 2.20. The minimum absolute atomic E-state index is 0.0618. The molecule has 0 aromatic heterocycles. The number of rotatable bonds is 6. The summed E-state index contributed by atoms with van der Waals surface area (Å²) in [6.07, 6.45) is 0.124. The Bertz CT molecular complexity index is 557. The van der Waals surface area contributed by atoms with Crippen LogP contribution in [0.25, 0.3) is 0 Å². The van der Waals surface area contributed by atoms with E-state index in [-0.39, 0.29) is 12.2 Å². The lowest BCUT2D eigenvalue weighted by atomic mass is 10.3. The van der Waals surface area contributed by atoms with Gasteiger partial charge in [-0.15, -0.1) is 0 Å². The molecular weight excluding hydrogens is 295 g/mol. The number of hydrogen-bond acceptors (Lipinski definition) is 3. The zero-order chi connectivity index (χ0) is 16.1. The quantitative estimate of drug-likeness (QED) is 0.827. The Balaban J connectivity index is 2.38. The Morgan fingerprint density at radius 3 is 1.45 bits per heavy atom. The highest BCUT2D eigenvalue weighted by atomic mass is 31.1. The van der Waals surface area contributed by atoms with Gasteiger partial charge in [-0.2, -0.15) is 0 Å². The van der Waals surface area contributed by atoms with Crippen LogP contribution in [0.4, 0.5) is 0 Å². The highest BCUT2D eigenvalue weighted by Crippen LogP contribution is 2.36. The molecule has 0 radical (unpaired) electrons.